The van der Waals surface area contributed by atoms with Crippen molar-refractivity contribution in [3.8, 4) is 11.3 Å². The Hall–Kier alpha value is -2.96. The van der Waals surface area contributed by atoms with Gasteiger partial charge in [0.2, 0.25) is 0 Å². The number of carbonyl (C=O) groups excluding carboxylic acids is 2. The molecule has 0 radical (unpaired) electrons. The molecule has 3 heterocycles. The summed E-state index contributed by atoms with van der Waals surface area (Å²) >= 11 is 0. The third-order valence-corrected chi connectivity index (χ3v) is 5.96. The van der Waals surface area contributed by atoms with E-state index in [1.54, 1.807) is 47.2 Å². The van der Waals surface area contributed by atoms with Crippen LogP contribution in [0.15, 0.2) is 36.5 Å². The SMILES string of the molecule is Cc1ccc(-c2ccccn2)c(C(=O)N2CC[C@H]3CN(C(=O)OC(C)(C)C)[C@H]3C2)c1F. The molecule has 2 atom stereocenters. The molecule has 31 heavy (non-hydrogen) atoms. The highest BCUT2D eigenvalue weighted by atomic mass is 19.1. The Balaban J connectivity index is 1.58. The number of ether oxygens (including phenoxy) is 1. The number of fused-ring (bicyclic) bond motifs is 1. The molecule has 2 amide bonds. The van der Waals surface area contributed by atoms with Gasteiger partial charge in [-0.1, -0.05) is 18.2 Å². The van der Waals surface area contributed by atoms with Crippen LogP contribution in [0, 0.1) is 18.7 Å². The van der Waals surface area contributed by atoms with Gasteiger partial charge in [0.1, 0.15) is 11.4 Å². The highest BCUT2D eigenvalue weighted by Gasteiger charge is 2.47. The fourth-order valence-electron chi connectivity index (χ4n) is 4.29. The van der Waals surface area contributed by atoms with Crippen LogP contribution in [-0.2, 0) is 4.74 Å². The fraction of sp³-hybridized carbons (Fsp3) is 0.458. The number of hydrogen-bond donors (Lipinski definition) is 0. The Morgan fingerprint density at radius 1 is 1.16 bits per heavy atom. The van der Waals surface area contributed by atoms with Crippen LogP contribution in [0.2, 0.25) is 0 Å². The number of likely N-dealkylation sites (tertiary alicyclic amines) is 2. The first-order chi connectivity index (χ1) is 14.7. The summed E-state index contributed by atoms with van der Waals surface area (Å²) in [5, 5.41) is 0. The zero-order chi connectivity index (χ0) is 22.3. The highest BCUT2D eigenvalue weighted by Crippen LogP contribution is 2.35. The van der Waals surface area contributed by atoms with Crippen molar-refractivity contribution in [2.24, 2.45) is 5.92 Å². The topological polar surface area (TPSA) is 62.7 Å². The molecular formula is C24H28FN3O3. The van der Waals surface area contributed by atoms with E-state index in [1.807, 2.05) is 26.8 Å². The predicted molar refractivity (Wildman–Crippen MR) is 115 cm³/mol. The van der Waals surface area contributed by atoms with Crippen LogP contribution < -0.4 is 0 Å². The van der Waals surface area contributed by atoms with Gasteiger partial charge in [0, 0.05) is 37.3 Å². The van der Waals surface area contributed by atoms with Crippen LogP contribution in [0.3, 0.4) is 0 Å². The van der Waals surface area contributed by atoms with Gasteiger partial charge >= 0.3 is 6.09 Å². The fourth-order valence-corrected chi connectivity index (χ4v) is 4.29. The minimum atomic E-state index is -0.575. The van der Waals surface area contributed by atoms with E-state index in [2.05, 4.69) is 4.98 Å². The Morgan fingerprint density at radius 2 is 1.94 bits per heavy atom. The number of aromatic nitrogens is 1. The van der Waals surface area contributed by atoms with Crippen LogP contribution in [0.5, 0.6) is 0 Å². The predicted octanol–water partition coefficient (Wildman–Crippen LogP) is 4.28. The van der Waals surface area contributed by atoms with E-state index in [0.29, 0.717) is 42.4 Å². The van der Waals surface area contributed by atoms with Crippen molar-refractivity contribution in [2.45, 2.75) is 45.8 Å². The van der Waals surface area contributed by atoms with Gasteiger partial charge in [0.15, 0.2) is 0 Å². The number of amides is 2. The number of aryl methyl sites for hydroxylation is 1. The number of hydrogen-bond acceptors (Lipinski definition) is 4. The molecule has 0 unspecified atom stereocenters. The Labute approximate surface area is 182 Å². The second-order valence-electron chi connectivity index (χ2n) is 9.33. The number of pyridine rings is 1. The highest BCUT2D eigenvalue weighted by molar-refractivity contribution is 6.01. The van der Waals surface area contributed by atoms with Gasteiger partial charge in [-0.3, -0.25) is 9.78 Å². The van der Waals surface area contributed by atoms with Gasteiger partial charge < -0.3 is 14.5 Å². The number of nitrogens with zero attached hydrogens (tertiary/aromatic N) is 3. The summed E-state index contributed by atoms with van der Waals surface area (Å²) < 4.78 is 20.7. The quantitative estimate of drug-likeness (QED) is 0.721. The zero-order valence-corrected chi connectivity index (χ0v) is 18.4. The summed E-state index contributed by atoms with van der Waals surface area (Å²) in [5.74, 6) is -0.543. The first-order valence-electron chi connectivity index (χ1n) is 10.6. The summed E-state index contributed by atoms with van der Waals surface area (Å²) in [6.45, 7) is 8.70. The van der Waals surface area contributed by atoms with Gasteiger partial charge in [-0.15, -0.1) is 0 Å². The van der Waals surface area contributed by atoms with Crippen molar-refractivity contribution in [3.63, 3.8) is 0 Å². The van der Waals surface area contributed by atoms with Crippen LogP contribution in [0.25, 0.3) is 11.3 Å². The second kappa shape index (κ2) is 7.94. The lowest BCUT2D eigenvalue weighted by atomic mass is 9.82. The maximum Gasteiger partial charge on any atom is 0.410 e. The van der Waals surface area contributed by atoms with E-state index < -0.39 is 11.4 Å². The molecular weight excluding hydrogens is 397 g/mol. The van der Waals surface area contributed by atoms with Crippen molar-refractivity contribution in [2.75, 3.05) is 19.6 Å². The first kappa shape index (κ1) is 21.3. The molecule has 2 aliphatic rings. The molecule has 0 bridgehead atoms. The largest absolute Gasteiger partial charge is 0.444 e. The van der Waals surface area contributed by atoms with E-state index in [4.69, 9.17) is 4.74 Å². The second-order valence-corrected chi connectivity index (χ2v) is 9.33. The summed E-state index contributed by atoms with van der Waals surface area (Å²) in [7, 11) is 0. The van der Waals surface area contributed by atoms with Crippen molar-refractivity contribution >= 4 is 12.0 Å². The molecule has 1 aromatic carbocycles. The lowest BCUT2D eigenvalue weighted by Crippen LogP contribution is -2.66. The van der Waals surface area contributed by atoms with Crippen molar-refractivity contribution in [1.29, 1.82) is 0 Å². The molecule has 0 N–H and O–H groups in total. The Morgan fingerprint density at radius 3 is 2.61 bits per heavy atom. The molecule has 6 nitrogen and oxygen atoms in total. The maximum atomic E-state index is 15.2. The lowest BCUT2D eigenvalue weighted by Gasteiger charge is -2.53. The van der Waals surface area contributed by atoms with Crippen molar-refractivity contribution in [1.82, 2.24) is 14.8 Å². The number of benzene rings is 1. The smallest absolute Gasteiger partial charge is 0.410 e. The summed E-state index contributed by atoms with van der Waals surface area (Å²) in [6.07, 6.45) is 2.04. The molecule has 2 saturated heterocycles. The molecule has 4 rings (SSSR count). The minimum absolute atomic E-state index is 0.0419. The van der Waals surface area contributed by atoms with Crippen LogP contribution in [0.4, 0.5) is 9.18 Å². The van der Waals surface area contributed by atoms with Crippen molar-refractivity contribution < 1.29 is 18.7 Å². The van der Waals surface area contributed by atoms with E-state index in [0.717, 1.165) is 6.42 Å². The van der Waals surface area contributed by atoms with Crippen molar-refractivity contribution in [3.05, 3.63) is 53.5 Å². The van der Waals surface area contributed by atoms with Crippen LogP contribution in [-0.4, -0.2) is 58.1 Å². The third-order valence-electron chi connectivity index (χ3n) is 5.96. The van der Waals surface area contributed by atoms with E-state index in [1.165, 1.54) is 0 Å². The van der Waals surface area contributed by atoms with E-state index >= 15 is 4.39 Å². The van der Waals surface area contributed by atoms with Crippen LogP contribution in [0.1, 0.15) is 43.1 Å². The molecule has 0 aliphatic carbocycles. The molecule has 1 aromatic heterocycles. The van der Waals surface area contributed by atoms with E-state index in [9.17, 15) is 9.59 Å². The minimum Gasteiger partial charge on any atom is -0.444 e. The van der Waals surface area contributed by atoms with E-state index in [-0.39, 0.29) is 23.6 Å². The average Bonchev–Trinajstić information content (AvgIpc) is 2.69. The average molecular weight is 426 g/mol. The first-order valence-corrected chi connectivity index (χ1v) is 10.6. The Kier molecular flexibility index (Phi) is 5.45. The molecule has 7 heteroatoms. The number of halogens is 1. The number of rotatable bonds is 2. The molecule has 2 aromatic rings. The summed E-state index contributed by atoms with van der Waals surface area (Å²) in [6, 6.07) is 8.67. The van der Waals surface area contributed by atoms with Gasteiger partial charge in [0.05, 0.1) is 17.3 Å². The van der Waals surface area contributed by atoms with Gasteiger partial charge in [-0.05, 0) is 51.8 Å². The maximum absolute atomic E-state index is 15.2. The summed E-state index contributed by atoms with van der Waals surface area (Å²) in [4.78, 5) is 33.6. The number of piperidine rings is 1. The lowest BCUT2D eigenvalue weighted by molar-refractivity contribution is -0.0546. The van der Waals surface area contributed by atoms with Gasteiger partial charge in [-0.25, -0.2) is 9.18 Å². The Bertz CT molecular complexity index is 1000. The zero-order valence-electron chi connectivity index (χ0n) is 18.4. The van der Waals surface area contributed by atoms with Crippen LogP contribution >= 0.6 is 0 Å². The summed E-state index contributed by atoms with van der Waals surface area (Å²) in [5.41, 5.74) is 0.915. The molecule has 2 aliphatic heterocycles. The standard InChI is InChI=1S/C24H28FN3O3/c1-15-8-9-17(18-7-5-6-11-26-18)20(21(15)25)22(29)27-12-10-16-13-28(19(16)14-27)23(30)31-24(2,3)4/h5-9,11,16,19H,10,12-14H2,1-4H3/t16-,19-/m0/s1. The van der Waals surface area contributed by atoms with Gasteiger partial charge in [-0.2, -0.15) is 0 Å². The molecule has 164 valence electrons. The number of carbonyl (C=O) groups is 2. The molecule has 0 spiro atoms. The third kappa shape index (κ3) is 4.13. The van der Waals surface area contributed by atoms with Gasteiger partial charge in [0.25, 0.3) is 5.91 Å². The monoisotopic (exact) mass is 425 g/mol. The molecule has 0 saturated carbocycles. The molecule has 2 fully saturated rings. The normalized spacial score (nSPS) is 20.7.